The molecule has 2 heterocycles. The molecule has 110 valence electrons. The smallest absolute Gasteiger partial charge is 0.180 e. The van der Waals surface area contributed by atoms with Crippen LogP contribution in [0, 0.1) is 5.82 Å². The molecule has 1 fully saturated rings. The Kier molecular flexibility index (Phi) is 2.79. The maximum absolute atomic E-state index is 13.6. The zero-order chi connectivity index (χ0) is 15.3. The molecule has 2 aromatic heterocycles. The first kappa shape index (κ1) is 13.1. The summed E-state index contributed by atoms with van der Waals surface area (Å²) in [5, 5.41) is 7.72. The van der Waals surface area contributed by atoms with Gasteiger partial charge in [0, 0.05) is 18.5 Å². The number of hydrogen-bond donors (Lipinski definition) is 0. The van der Waals surface area contributed by atoms with E-state index >= 15 is 0 Å². The van der Waals surface area contributed by atoms with Crippen LogP contribution >= 0.6 is 0 Å². The van der Waals surface area contributed by atoms with Crippen molar-refractivity contribution in [2.45, 2.75) is 25.8 Å². The maximum Gasteiger partial charge on any atom is 0.180 e. The number of fused-ring (bicyclic) bond motifs is 1. The van der Waals surface area contributed by atoms with Gasteiger partial charge in [0.05, 0.1) is 17.2 Å². The number of aromatic nitrogens is 4. The molecule has 0 radical (unpaired) electrons. The molecule has 22 heavy (non-hydrogen) atoms. The highest BCUT2D eigenvalue weighted by Crippen LogP contribution is 2.41. The summed E-state index contributed by atoms with van der Waals surface area (Å²) in [7, 11) is 0. The molecule has 0 aliphatic heterocycles. The summed E-state index contributed by atoms with van der Waals surface area (Å²) >= 11 is 0. The summed E-state index contributed by atoms with van der Waals surface area (Å²) in [6, 6.07) is 6.60. The fourth-order valence-electron chi connectivity index (χ4n) is 2.63. The molecule has 0 saturated heterocycles. The lowest BCUT2D eigenvalue weighted by Gasteiger charge is -2.07. The number of carbonyl (C=O) groups is 1. The van der Waals surface area contributed by atoms with Crippen LogP contribution in [0.2, 0.25) is 0 Å². The highest BCUT2D eigenvalue weighted by atomic mass is 19.1. The van der Waals surface area contributed by atoms with Gasteiger partial charge in [0.2, 0.25) is 0 Å². The van der Waals surface area contributed by atoms with Crippen LogP contribution < -0.4 is 0 Å². The molecule has 3 aromatic rings. The highest BCUT2D eigenvalue weighted by Gasteiger charge is 2.29. The van der Waals surface area contributed by atoms with E-state index < -0.39 is 0 Å². The third-order valence-electron chi connectivity index (χ3n) is 3.84. The summed E-state index contributed by atoms with van der Waals surface area (Å²) in [4.78, 5) is 16.1. The van der Waals surface area contributed by atoms with Gasteiger partial charge in [-0.1, -0.05) is 0 Å². The second-order valence-electron chi connectivity index (χ2n) is 5.56. The lowest BCUT2D eigenvalue weighted by Crippen LogP contribution is -2.02. The standard InChI is InChI=1S/C16H13FN4O/c1-9(22)14-6-10(8-18-20-14)16-19-13-5-2-11(17)7-15(13)21(16)12-3-4-12/h2,5-8,12H,3-4H2,1H3. The molecule has 1 saturated carbocycles. The average Bonchev–Trinajstić information content (AvgIpc) is 3.28. The number of imidazole rings is 1. The van der Waals surface area contributed by atoms with Crippen LogP contribution in [0.1, 0.15) is 36.3 Å². The maximum atomic E-state index is 13.6. The number of halogens is 1. The van der Waals surface area contributed by atoms with Gasteiger partial charge in [-0.2, -0.15) is 5.10 Å². The molecule has 1 aromatic carbocycles. The van der Waals surface area contributed by atoms with E-state index in [0.29, 0.717) is 17.6 Å². The lowest BCUT2D eigenvalue weighted by atomic mass is 10.2. The number of carbonyl (C=O) groups excluding carboxylic acids is 1. The first-order chi connectivity index (χ1) is 10.6. The fraction of sp³-hybridized carbons (Fsp3) is 0.250. The van der Waals surface area contributed by atoms with E-state index in [4.69, 9.17) is 0 Å². The van der Waals surface area contributed by atoms with Crippen LogP contribution in [0.5, 0.6) is 0 Å². The summed E-state index contributed by atoms with van der Waals surface area (Å²) in [6.07, 6.45) is 3.68. The molecular formula is C16H13FN4O. The number of rotatable bonds is 3. The SMILES string of the molecule is CC(=O)c1cc(-c2nc3ccc(F)cc3n2C2CC2)cnn1. The summed E-state index contributed by atoms with van der Waals surface area (Å²) in [6.45, 7) is 1.45. The van der Waals surface area contributed by atoms with Crippen molar-refractivity contribution in [3.05, 3.63) is 42.0 Å². The second-order valence-corrected chi connectivity index (χ2v) is 5.56. The number of hydrogen-bond acceptors (Lipinski definition) is 4. The Hall–Kier alpha value is -2.63. The molecule has 0 unspecified atom stereocenters. The number of Topliss-reactive ketones (excluding diaryl/α,β-unsaturated/α-hetero) is 1. The van der Waals surface area contributed by atoms with Gasteiger partial charge in [-0.15, -0.1) is 5.10 Å². The van der Waals surface area contributed by atoms with E-state index in [9.17, 15) is 9.18 Å². The Labute approximate surface area is 125 Å². The second kappa shape index (κ2) is 4.69. The summed E-state index contributed by atoms with van der Waals surface area (Å²) in [5.41, 5.74) is 2.55. The molecule has 1 aliphatic rings. The van der Waals surface area contributed by atoms with Crippen LogP contribution in [0.4, 0.5) is 4.39 Å². The van der Waals surface area contributed by atoms with Crippen molar-refractivity contribution in [1.29, 1.82) is 0 Å². The van der Waals surface area contributed by atoms with Crippen LogP contribution in [-0.2, 0) is 0 Å². The van der Waals surface area contributed by atoms with Gasteiger partial charge in [0.1, 0.15) is 17.3 Å². The monoisotopic (exact) mass is 296 g/mol. The van der Waals surface area contributed by atoms with Gasteiger partial charge >= 0.3 is 0 Å². The van der Waals surface area contributed by atoms with Gasteiger partial charge in [-0.25, -0.2) is 9.37 Å². The average molecular weight is 296 g/mol. The minimum absolute atomic E-state index is 0.144. The predicted octanol–water partition coefficient (Wildman–Crippen LogP) is 3.17. The zero-order valence-electron chi connectivity index (χ0n) is 12.0. The normalized spacial score (nSPS) is 14.5. The number of ketones is 1. The number of nitrogens with zero attached hydrogens (tertiary/aromatic N) is 4. The largest absolute Gasteiger partial charge is 0.321 e. The third kappa shape index (κ3) is 2.07. The van der Waals surface area contributed by atoms with Crippen molar-refractivity contribution in [3.8, 4) is 11.4 Å². The zero-order valence-corrected chi connectivity index (χ0v) is 12.0. The van der Waals surface area contributed by atoms with Gasteiger partial charge in [0.25, 0.3) is 0 Å². The molecule has 0 amide bonds. The van der Waals surface area contributed by atoms with Crippen molar-refractivity contribution >= 4 is 16.8 Å². The topological polar surface area (TPSA) is 60.7 Å². The Balaban J connectivity index is 1.96. The van der Waals surface area contributed by atoms with E-state index in [1.54, 1.807) is 18.3 Å². The van der Waals surface area contributed by atoms with E-state index in [-0.39, 0.29) is 11.6 Å². The Bertz CT molecular complexity index is 898. The minimum atomic E-state index is -0.280. The van der Waals surface area contributed by atoms with Crippen LogP contribution in [-0.4, -0.2) is 25.5 Å². The predicted molar refractivity (Wildman–Crippen MR) is 79.0 cm³/mol. The van der Waals surface area contributed by atoms with Crippen LogP contribution in [0.15, 0.2) is 30.5 Å². The van der Waals surface area contributed by atoms with Crippen molar-refractivity contribution in [2.24, 2.45) is 0 Å². The molecule has 0 atom stereocenters. The van der Waals surface area contributed by atoms with Crippen molar-refractivity contribution < 1.29 is 9.18 Å². The van der Waals surface area contributed by atoms with E-state index in [2.05, 4.69) is 15.2 Å². The Morgan fingerprint density at radius 2 is 2.14 bits per heavy atom. The molecule has 0 spiro atoms. The van der Waals surface area contributed by atoms with Gasteiger partial charge in [0.15, 0.2) is 5.78 Å². The van der Waals surface area contributed by atoms with Gasteiger partial charge in [-0.3, -0.25) is 4.79 Å². The summed E-state index contributed by atoms with van der Waals surface area (Å²) in [5.74, 6) is 0.285. The molecule has 4 rings (SSSR count). The van der Waals surface area contributed by atoms with E-state index in [0.717, 1.165) is 29.4 Å². The fourth-order valence-corrected chi connectivity index (χ4v) is 2.63. The van der Waals surface area contributed by atoms with Crippen molar-refractivity contribution in [2.75, 3.05) is 0 Å². The quantitative estimate of drug-likeness (QED) is 0.696. The first-order valence-corrected chi connectivity index (χ1v) is 7.15. The van der Waals surface area contributed by atoms with E-state index in [1.807, 2.05) is 4.57 Å². The number of benzene rings is 1. The van der Waals surface area contributed by atoms with Crippen LogP contribution in [0.25, 0.3) is 22.4 Å². The first-order valence-electron chi connectivity index (χ1n) is 7.15. The summed E-state index contributed by atoms with van der Waals surface area (Å²) < 4.78 is 15.6. The minimum Gasteiger partial charge on any atom is -0.321 e. The van der Waals surface area contributed by atoms with E-state index in [1.165, 1.54) is 19.1 Å². The molecule has 0 bridgehead atoms. The van der Waals surface area contributed by atoms with Gasteiger partial charge in [-0.05, 0) is 37.1 Å². The van der Waals surface area contributed by atoms with Crippen molar-refractivity contribution in [1.82, 2.24) is 19.7 Å². The Morgan fingerprint density at radius 3 is 2.86 bits per heavy atom. The lowest BCUT2D eigenvalue weighted by molar-refractivity contribution is 0.101. The highest BCUT2D eigenvalue weighted by molar-refractivity contribution is 5.93. The third-order valence-corrected chi connectivity index (χ3v) is 3.84. The van der Waals surface area contributed by atoms with Gasteiger partial charge < -0.3 is 4.57 Å². The molecular weight excluding hydrogens is 283 g/mol. The van der Waals surface area contributed by atoms with Crippen molar-refractivity contribution in [3.63, 3.8) is 0 Å². The Morgan fingerprint density at radius 1 is 1.32 bits per heavy atom. The molecule has 5 nitrogen and oxygen atoms in total. The molecule has 0 N–H and O–H groups in total. The molecule has 1 aliphatic carbocycles. The molecule has 6 heteroatoms. The van der Waals surface area contributed by atoms with Crippen LogP contribution in [0.3, 0.4) is 0 Å².